The molecule has 0 unspecified atom stereocenters. The van der Waals surface area contributed by atoms with Crippen molar-refractivity contribution in [2.24, 2.45) is 4.36 Å². The largest absolute Gasteiger partial charge is 0.769 e. The van der Waals surface area contributed by atoms with Gasteiger partial charge in [-0.05, 0) is 12.5 Å². The predicted octanol–water partition coefficient (Wildman–Crippen LogP) is 0.964. The van der Waals surface area contributed by atoms with Crippen LogP contribution in [-0.2, 0) is 42.3 Å². The summed E-state index contributed by atoms with van der Waals surface area (Å²) in [5, 5.41) is 0. The van der Waals surface area contributed by atoms with Gasteiger partial charge in [0.25, 0.3) is 0 Å². The van der Waals surface area contributed by atoms with Gasteiger partial charge in [0.1, 0.15) is 0 Å². The monoisotopic (exact) mass is 194 g/mol. The third-order valence-electron chi connectivity index (χ3n) is 0.447. The van der Waals surface area contributed by atoms with Crippen LogP contribution in [0.1, 0.15) is 0 Å². The molecule has 41 valence electrons. The molecule has 7 heavy (non-hydrogen) atoms. The van der Waals surface area contributed by atoms with Gasteiger partial charge in [0.15, 0.2) is 0 Å². The maximum atomic E-state index is 8.74. The third kappa shape index (κ3) is 11.0. The van der Waals surface area contributed by atoms with Crippen LogP contribution in [0.25, 0.3) is 4.78 Å². The van der Waals surface area contributed by atoms with Crippen molar-refractivity contribution < 1.29 is 32.7 Å². The molecule has 0 saturated carbocycles. The second kappa shape index (κ2) is 3.99. The molecule has 0 saturated heterocycles. The summed E-state index contributed by atoms with van der Waals surface area (Å²) >= 11 is 0. The summed E-state index contributed by atoms with van der Waals surface area (Å²) in [5.41, 5.74) is 0. The van der Waals surface area contributed by atoms with Crippen molar-refractivity contribution in [1.82, 2.24) is 0 Å². The van der Waals surface area contributed by atoms with E-state index in [-0.39, 0.29) is 32.7 Å². The van der Waals surface area contributed by atoms with E-state index in [1.807, 2.05) is 0 Å². The number of rotatable bonds is 0. The van der Waals surface area contributed by atoms with Crippen LogP contribution in [0.3, 0.4) is 0 Å². The first-order valence-corrected chi connectivity index (χ1v) is 3.99. The Balaban J connectivity index is 0. The Bertz CT molecular complexity index is 126. The molecule has 0 atom stereocenters. The predicted molar refractivity (Wildman–Crippen MR) is 30.9 cm³/mol. The number of nitrogens with zero attached hydrogens (tertiary/aromatic N) is 2. The molecule has 0 spiro atoms. The second-order valence-electron chi connectivity index (χ2n) is 1.40. The van der Waals surface area contributed by atoms with E-state index in [9.17, 15) is 0 Å². The van der Waals surface area contributed by atoms with E-state index < -0.39 is 9.62 Å². The van der Waals surface area contributed by atoms with E-state index in [4.69, 9.17) is 4.78 Å². The summed E-state index contributed by atoms with van der Waals surface area (Å²) < 4.78 is 12.4. The van der Waals surface area contributed by atoms with E-state index >= 15 is 0 Å². The Kier molecular flexibility index (Phi) is 6.23. The molecule has 0 aliphatic rings. The zero-order chi connectivity index (χ0) is 5.21. The van der Waals surface area contributed by atoms with Crippen molar-refractivity contribution in [2.75, 3.05) is 19.6 Å². The van der Waals surface area contributed by atoms with Crippen LogP contribution >= 0.6 is 0 Å². The van der Waals surface area contributed by atoms with E-state index in [1.54, 1.807) is 19.6 Å². The fourth-order valence-corrected chi connectivity index (χ4v) is 0. The van der Waals surface area contributed by atoms with Crippen molar-refractivity contribution >= 4 is 9.62 Å². The number of hydrogen-bond acceptors (Lipinski definition) is 1. The first kappa shape index (κ1) is 10.9. The van der Waals surface area contributed by atoms with Crippen LogP contribution in [0.4, 0.5) is 0 Å². The van der Waals surface area contributed by atoms with Gasteiger partial charge in [0, 0.05) is 39.8 Å². The quantitative estimate of drug-likeness (QED) is 0.550. The van der Waals surface area contributed by atoms with Gasteiger partial charge >= 0.3 is 0 Å². The minimum absolute atomic E-state index is 0. The Morgan fingerprint density at radius 3 is 1.57 bits per heavy atom. The third-order valence-corrected chi connectivity index (χ3v) is 1.34. The molecule has 0 aromatic carbocycles. The van der Waals surface area contributed by atoms with Crippen molar-refractivity contribution in [1.29, 1.82) is 0 Å². The molecule has 0 fully saturated rings. The Morgan fingerprint density at radius 1 is 1.43 bits per heavy atom. The van der Waals surface area contributed by atoms with Crippen LogP contribution in [0.2, 0.25) is 0 Å². The zero-order valence-electron chi connectivity index (χ0n) is 4.88. The molecular weight excluding hydrogens is 185 g/mol. The molecule has 0 aliphatic heterocycles. The second-order valence-corrected chi connectivity index (χ2v) is 4.21. The fourth-order valence-electron chi connectivity index (χ4n) is 0. The van der Waals surface area contributed by atoms with Crippen molar-refractivity contribution in [2.45, 2.75) is 0 Å². The van der Waals surface area contributed by atoms with Crippen LogP contribution in [0.15, 0.2) is 4.36 Å². The van der Waals surface area contributed by atoms with Crippen molar-refractivity contribution in [3.63, 3.8) is 0 Å². The maximum absolute atomic E-state index is 8.74. The van der Waals surface area contributed by atoms with Gasteiger partial charge in [0.05, 0.1) is 0 Å². The summed E-state index contributed by atoms with van der Waals surface area (Å²) in [6, 6.07) is 0. The summed E-state index contributed by atoms with van der Waals surface area (Å²) in [4.78, 5) is 0. The van der Waals surface area contributed by atoms with Gasteiger partial charge in [-0.1, -0.05) is 0 Å². The SMILES string of the molecule is CN=S(C)(C)=[N-].[Y]. The van der Waals surface area contributed by atoms with Crippen LogP contribution in [-0.4, -0.2) is 19.6 Å². The Hall–Kier alpha value is 1.05. The van der Waals surface area contributed by atoms with Gasteiger partial charge in [-0.25, -0.2) is 9.62 Å². The summed E-state index contributed by atoms with van der Waals surface area (Å²) in [7, 11) is 0.0833. The summed E-state index contributed by atoms with van der Waals surface area (Å²) in [6.45, 7) is 0. The molecule has 4 heteroatoms. The molecule has 0 bridgehead atoms. The standard InChI is InChI=1S/C3H9N2S.Y/c1-5-6(2,3)4;/h1-3H3;/q-1;. The van der Waals surface area contributed by atoms with E-state index in [1.165, 1.54) is 0 Å². The molecule has 0 rings (SSSR count). The molecule has 0 N–H and O–H groups in total. The molecule has 0 heterocycles. The van der Waals surface area contributed by atoms with Crippen molar-refractivity contribution in [3.05, 3.63) is 4.78 Å². The number of hydrogen-bond donors (Lipinski definition) is 0. The summed E-state index contributed by atoms with van der Waals surface area (Å²) in [6.07, 6.45) is 3.43. The van der Waals surface area contributed by atoms with E-state index in [2.05, 4.69) is 4.36 Å². The van der Waals surface area contributed by atoms with Gasteiger partial charge in [-0.15, -0.1) is 0 Å². The molecule has 1 radical (unpaired) electrons. The minimum Gasteiger partial charge on any atom is -0.769 e. The topological polar surface area (TPSA) is 34.7 Å². The minimum atomic E-state index is -1.54. The molecule has 0 aromatic heterocycles. The first-order chi connectivity index (χ1) is 2.56. The average Bonchev–Trinajstić information content (AvgIpc) is 1.35. The average molecular weight is 194 g/mol. The van der Waals surface area contributed by atoms with Crippen molar-refractivity contribution in [3.8, 4) is 0 Å². The maximum Gasteiger partial charge on any atom is 0.0322 e. The Morgan fingerprint density at radius 2 is 1.57 bits per heavy atom. The molecule has 0 aromatic rings. The Labute approximate surface area is 70.6 Å². The van der Waals surface area contributed by atoms with E-state index in [0.29, 0.717) is 0 Å². The van der Waals surface area contributed by atoms with Gasteiger partial charge < -0.3 is 4.78 Å². The van der Waals surface area contributed by atoms with Gasteiger partial charge in [-0.2, -0.15) is 0 Å². The van der Waals surface area contributed by atoms with Gasteiger partial charge in [0.2, 0.25) is 0 Å². The molecule has 2 nitrogen and oxygen atoms in total. The molecule has 0 amide bonds. The van der Waals surface area contributed by atoms with Crippen LogP contribution in [0, 0.1) is 0 Å². The smallest absolute Gasteiger partial charge is 0.0322 e. The van der Waals surface area contributed by atoms with Gasteiger partial charge in [-0.3, -0.25) is 4.36 Å². The first-order valence-electron chi connectivity index (χ1n) is 1.63. The zero-order valence-corrected chi connectivity index (χ0v) is 8.53. The van der Waals surface area contributed by atoms with Crippen LogP contribution in [0.5, 0.6) is 0 Å². The molecular formula is C3H9N2SY-. The fraction of sp³-hybridized carbons (Fsp3) is 1.00. The molecule has 0 aliphatic carbocycles. The van der Waals surface area contributed by atoms with Crippen LogP contribution < -0.4 is 0 Å². The van der Waals surface area contributed by atoms with E-state index in [0.717, 1.165) is 0 Å². The summed E-state index contributed by atoms with van der Waals surface area (Å²) in [5.74, 6) is 0. The normalized spacial score (nSPS) is 9.57.